The number of hydrogen-bond donors (Lipinski definition) is 1. The van der Waals surface area contributed by atoms with Crippen LogP contribution in [0.5, 0.6) is 17.2 Å². The van der Waals surface area contributed by atoms with Gasteiger partial charge in [0.2, 0.25) is 6.10 Å². The number of carbonyl (C=O) groups excluding carboxylic acids is 1. The molecule has 1 N–H and O–H groups in total. The predicted octanol–water partition coefficient (Wildman–Crippen LogP) is 2.38. The van der Waals surface area contributed by atoms with E-state index in [1.165, 1.54) is 18.2 Å². The number of fused-ring (bicyclic) bond motifs is 2. The molecule has 0 radical (unpaired) electrons. The van der Waals surface area contributed by atoms with Gasteiger partial charge in [0, 0.05) is 23.1 Å². The van der Waals surface area contributed by atoms with Crippen LogP contribution in [0.15, 0.2) is 57.7 Å². The summed E-state index contributed by atoms with van der Waals surface area (Å²) in [6.07, 6.45) is -0.889. The smallest absolute Gasteiger partial charge is 0.351 e. The molecule has 0 saturated carbocycles. The van der Waals surface area contributed by atoms with Gasteiger partial charge in [0.05, 0.1) is 0 Å². The first kappa shape index (κ1) is 16.0. The van der Waals surface area contributed by atoms with Crippen LogP contribution in [0.4, 0.5) is 0 Å². The number of ether oxygens (including phenoxy) is 3. The number of phenolic OH excluding ortho intramolecular Hbond substituents is 1. The highest BCUT2D eigenvalue weighted by Crippen LogP contribution is 2.31. The number of aromatic hydroxyl groups is 1. The molecule has 1 aliphatic rings. The molecule has 0 saturated heterocycles. The van der Waals surface area contributed by atoms with Crippen LogP contribution < -0.4 is 15.1 Å². The van der Waals surface area contributed by atoms with E-state index in [1.54, 1.807) is 24.3 Å². The van der Waals surface area contributed by atoms with Gasteiger partial charge < -0.3 is 23.7 Å². The largest absolute Gasteiger partial charge is 0.508 e. The molecule has 1 aromatic heterocycles. The first-order valence-electron chi connectivity index (χ1n) is 7.91. The Hall–Kier alpha value is -3.48. The van der Waals surface area contributed by atoms with Gasteiger partial charge in [-0.3, -0.25) is 0 Å². The van der Waals surface area contributed by atoms with Crippen molar-refractivity contribution in [1.82, 2.24) is 0 Å². The molecular weight excluding hydrogens is 340 g/mol. The molecule has 0 bridgehead atoms. The van der Waals surface area contributed by atoms with Crippen molar-refractivity contribution in [3.63, 3.8) is 0 Å². The van der Waals surface area contributed by atoms with Crippen molar-refractivity contribution in [2.75, 3.05) is 6.61 Å². The fourth-order valence-corrected chi connectivity index (χ4v) is 2.72. The first-order chi connectivity index (χ1) is 12.6. The van der Waals surface area contributed by atoms with Crippen molar-refractivity contribution in [3.05, 3.63) is 64.5 Å². The second-order valence-corrected chi connectivity index (χ2v) is 5.74. The molecular formula is C19H14O7. The third-order valence-corrected chi connectivity index (χ3v) is 3.96. The van der Waals surface area contributed by atoms with Crippen LogP contribution in [0.2, 0.25) is 0 Å². The topological polar surface area (TPSA) is 95.2 Å². The number of esters is 1. The zero-order valence-electron chi connectivity index (χ0n) is 13.5. The van der Waals surface area contributed by atoms with Crippen molar-refractivity contribution in [2.24, 2.45) is 0 Å². The number of rotatable bonds is 3. The maximum absolute atomic E-state index is 12.3. The summed E-state index contributed by atoms with van der Waals surface area (Å²) in [5.74, 6) is 0.422. The highest BCUT2D eigenvalue weighted by atomic mass is 16.6. The molecule has 1 aliphatic heterocycles. The lowest BCUT2D eigenvalue weighted by Gasteiger charge is -2.24. The molecule has 2 aromatic carbocycles. The van der Waals surface area contributed by atoms with Crippen LogP contribution in [0.25, 0.3) is 11.0 Å². The van der Waals surface area contributed by atoms with E-state index in [2.05, 4.69) is 0 Å². The maximum Gasteiger partial charge on any atom is 0.351 e. The first-order valence-corrected chi connectivity index (χ1v) is 7.91. The average molecular weight is 354 g/mol. The van der Waals surface area contributed by atoms with Gasteiger partial charge >= 0.3 is 11.6 Å². The molecule has 26 heavy (non-hydrogen) atoms. The lowest BCUT2D eigenvalue weighted by molar-refractivity contribution is -0.155. The van der Waals surface area contributed by atoms with E-state index in [0.29, 0.717) is 22.4 Å². The van der Waals surface area contributed by atoms with E-state index >= 15 is 0 Å². The minimum absolute atomic E-state index is 0.0267. The summed E-state index contributed by atoms with van der Waals surface area (Å²) in [6.45, 7) is -0.0887. The molecule has 4 rings (SSSR count). The molecule has 132 valence electrons. The monoisotopic (exact) mass is 354 g/mol. The number of benzene rings is 2. The Morgan fingerprint density at radius 1 is 1.15 bits per heavy atom. The molecule has 2 heterocycles. The molecule has 0 amide bonds. The second-order valence-electron chi connectivity index (χ2n) is 5.74. The standard InChI is InChI=1S/C19H14O7/c20-12-5-6-13-11(7-18(21)26-16(13)8-12)9-24-19(22)17-10-23-14-3-1-2-4-15(14)25-17/h1-8,17,20H,9-10H2/t17-/m1/s1. The van der Waals surface area contributed by atoms with Crippen LogP contribution in [0, 0.1) is 0 Å². The molecule has 1 atom stereocenters. The van der Waals surface area contributed by atoms with Crippen molar-refractivity contribution < 1.29 is 28.5 Å². The van der Waals surface area contributed by atoms with Crippen molar-refractivity contribution >= 4 is 16.9 Å². The Kier molecular flexibility index (Phi) is 3.96. The summed E-state index contributed by atoms with van der Waals surface area (Å²) in [5.41, 5.74) is 0.0942. The van der Waals surface area contributed by atoms with E-state index in [9.17, 15) is 14.7 Å². The SMILES string of the molecule is O=C(OCc1cc(=O)oc2cc(O)ccc12)[C@H]1COc2ccccc2O1. The van der Waals surface area contributed by atoms with Gasteiger partial charge in [-0.2, -0.15) is 0 Å². The fourth-order valence-electron chi connectivity index (χ4n) is 2.72. The molecule has 0 unspecified atom stereocenters. The molecule has 0 aliphatic carbocycles. The predicted molar refractivity (Wildman–Crippen MR) is 90.3 cm³/mol. The van der Waals surface area contributed by atoms with E-state index in [1.807, 2.05) is 6.07 Å². The van der Waals surface area contributed by atoms with Gasteiger partial charge in [-0.15, -0.1) is 0 Å². The van der Waals surface area contributed by atoms with Crippen LogP contribution in [0.1, 0.15) is 5.56 Å². The summed E-state index contributed by atoms with van der Waals surface area (Å²) in [7, 11) is 0. The van der Waals surface area contributed by atoms with Crippen LogP contribution >= 0.6 is 0 Å². The zero-order valence-corrected chi connectivity index (χ0v) is 13.5. The number of para-hydroxylation sites is 2. The highest BCUT2D eigenvalue weighted by molar-refractivity contribution is 5.82. The third kappa shape index (κ3) is 3.06. The molecule has 7 nitrogen and oxygen atoms in total. The number of hydrogen-bond acceptors (Lipinski definition) is 7. The maximum atomic E-state index is 12.3. The van der Waals surface area contributed by atoms with Crippen molar-refractivity contribution in [2.45, 2.75) is 12.7 Å². The van der Waals surface area contributed by atoms with E-state index in [-0.39, 0.29) is 24.5 Å². The molecule has 7 heteroatoms. The molecule has 3 aromatic rings. The Bertz CT molecular complexity index is 1040. The quantitative estimate of drug-likeness (QED) is 0.570. The van der Waals surface area contributed by atoms with Gasteiger partial charge in [0.1, 0.15) is 24.5 Å². The summed E-state index contributed by atoms with van der Waals surface area (Å²) in [5, 5.41) is 10.1. The Morgan fingerprint density at radius 3 is 2.81 bits per heavy atom. The summed E-state index contributed by atoms with van der Waals surface area (Å²) >= 11 is 0. The minimum Gasteiger partial charge on any atom is -0.508 e. The fraction of sp³-hybridized carbons (Fsp3) is 0.158. The summed E-state index contributed by atoms with van der Waals surface area (Å²) in [4.78, 5) is 24.0. The normalized spacial score (nSPS) is 15.6. The van der Waals surface area contributed by atoms with Gasteiger partial charge in [0.25, 0.3) is 0 Å². The van der Waals surface area contributed by atoms with Crippen LogP contribution in [-0.2, 0) is 16.1 Å². The third-order valence-electron chi connectivity index (χ3n) is 3.96. The van der Waals surface area contributed by atoms with Gasteiger partial charge in [0.15, 0.2) is 11.5 Å². The lowest BCUT2D eigenvalue weighted by Crippen LogP contribution is -2.37. The van der Waals surface area contributed by atoms with Crippen molar-refractivity contribution in [1.29, 1.82) is 0 Å². The minimum atomic E-state index is -0.889. The molecule has 0 spiro atoms. The lowest BCUT2D eigenvalue weighted by atomic mass is 10.1. The van der Waals surface area contributed by atoms with E-state index in [0.717, 1.165) is 0 Å². The number of carbonyl (C=O) groups is 1. The Labute approximate surface area is 147 Å². The van der Waals surface area contributed by atoms with Crippen LogP contribution in [0.3, 0.4) is 0 Å². The second kappa shape index (κ2) is 6.44. The highest BCUT2D eigenvalue weighted by Gasteiger charge is 2.28. The number of phenols is 1. The summed E-state index contributed by atoms with van der Waals surface area (Å²) < 4.78 is 21.4. The van der Waals surface area contributed by atoms with Crippen LogP contribution in [-0.4, -0.2) is 23.8 Å². The average Bonchev–Trinajstić information content (AvgIpc) is 2.65. The zero-order chi connectivity index (χ0) is 18.1. The van der Waals surface area contributed by atoms with Gasteiger partial charge in [-0.25, -0.2) is 9.59 Å². The van der Waals surface area contributed by atoms with Crippen molar-refractivity contribution in [3.8, 4) is 17.2 Å². The Balaban J connectivity index is 1.50. The van der Waals surface area contributed by atoms with E-state index < -0.39 is 17.7 Å². The van der Waals surface area contributed by atoms with E-state index in [4.69, 9.17) is 18.6 Å². The van der Waals surface area contributed by atoms with Gasteiger partial charge in [-0.1, -0.05) is 12.1 Å². The van der Waals surface area contributed by atoms with Gasteiger partial charge in [-0.05, 0) is 24.3 Å². The molecule has 0 fully saturated rings. The Morgan fingerprint density at radius 2 is 1.96 bits per heavy atom. The summed E-state index contributed by atoms with van der Waals surface area (Å²) in [6, 6.07) is 12.7.